The van der Waals surface area contributed by atoms with Crippen LogP contribution in [0.5, 0.6) is 0 Å². The van der Waals surface area contributed by atoms with E-state index in [4.69, 9.17) is 5.73 Å². The van der Waals surface area contributed by atoms with Crippen LogP contribution in [0.3, 0.4) is 0 Å². The predicted octanol–water partition coefficient (Wildman–Crippen LogP) is 0.314. The summed E-state index contributed by atoms with van der Waals surface area (Å²) in [6.45, 7) is 0.402. The molecule has 1 aromatic rings. The van der Waals surface area contributed by atoms with E-state index in [1.54, 1.807) is 18.2 Å². The highest BCUT2D eigenvalue weighted by Gasteiger charge is 2.12. The van der Waals surface area contributed by atoms with E-state index in [0.29, 0.717) is 12.8 Å². The fourth-order valence-electron chi connectivity index (χ4n) is 1.32. The lowest BCUT2D eigenvalue weighted by atomic mass is 10.1. The Hall–Kier alpha value is -1.88. The molecule has 0 saturated heterocycles. The van der Waals surface area contributed by atoms with Gasteiger partial charge in [0.1, 0.15) is 12.3 Å². The topological polar surface area (TPSA) is 84.2 Å². The first-order valence-corrected chi connectivity index (χ1v) is 4.93. The third kappa shape index (κ3) is 3.06. The van der Waals surface area contributed by atoms with Crippen molar-refractivity contribution in [2.45, 2.75) is 12.6 Å². The SMILES string of the molecule is CNC(=O)NC(C=O)c1cccc(CN)c1. The van der Waals surface area contributed by atoms with Crippen molar-refractivity contribution in [2.75, 3.05) is 7.05 Å². The molecule has 0 fully saturated rings. The van der Waals surface area contributed by atoms with Gasteiger partial charge in [-0.1, -0.05) is 24.3 Å². The highest BCUT2D eigenvalue weighted by molar-refractivity contribution is 5.78. The zero-order valence-electron chi connectivity index (χ0n) is 9.07. The Balaban J connectivity index is 2.85. The summed E-state index contributed by atoms with van der Waals surface area (Å²) in [6, 6.07) is 6.20. The van der Waals surface area contributed by atoms with E-state index in [2.05, 4.69) is 10.6 Å². The second-order valence-corrected chi connectivity index (χ2v) is 3.29. The Kier molecular flexibility index (Phi) is 4.47. The highest BCUT2D eigenvalue weighted by atomic mass is 16.2. The fraction of sp³-hybridized carbons (Fsp3) is 0.273. The van der Waals surface area contributed by atoms with Crippen LogP contribution in [-0.2, 0) is 11.3 Å². The van der Waals surface area contributed by atoms with Crippen LogP contribution in [0.25, 0.3) is 0 Å². The maximum Gasteiger partial charge on any atom is 0.315 e. The zero-order chi connectivity index (χ0) is 12.0. The summed E-state index contributed by atoms with van der Waals surface area (Å²) in [5, 5.41) is 4.92. The van der Waals surface area contributed by atoms with Crippen LogP contribution in [-0.4, -0.2) is 19.4 Å². The molecule has 0 bridgehead atoms. The van der Waals surface area contributed by atoms with E-state index in [0.717, 1.165) is 11.1 Å². The highest BCUT2D eigenvalue weighted by Crippen LogP contribution is 2.12. The molecule has 0 aliphatic carbocycles. The molecule has 0 aliphatic rings. The van der Waals surface area contributed by atoms with Gasteiger partial charge in [-0.2, -0.15) is 0 Å². The van der Waals surface area contributed by atoms with E-state index >= 15 is 0 Å². The number of carbonyl (C=O) groups excluding carboxylic acids is 2. The van der Waals surface area contributed by atoms with Gasteiger partial charge in [-0.3, -0.25) is 0 Å². The summed E-state index contributed by atoms with van der Waals surface area (Å²) >= 11 is 0. The minimum atomic E-state index is -0.647. The van der Waals surface area contributed by atoms with E-state index < -0.39 is 12.1 Å². The van der Waals surface area contributed by atoms with E-state index in [1.165, 1.54) is 7.05 Å². The van der Waals surface area contributed by atoms with Crippen LogP contribution in [0.15, 0.2) is 24.3 Å². The number of aldehydes is 1. The smallest absolute Gasteiger partial charge is 0.315 e. The second kappa shape index (κ2) is 5.87. The van der Waals surface area contributed by atoms with Crippen LogP contribution in [0.4, 0.5) is 4.79 Å². The molecule has 1 aromatic carbocycles. The number of urea groups is 1. The molecule has 0 radical (unpaired) electrons. The molecule has 5 nitrogen and oxygen atoms in total. The van der Waals surface area contributed by atoms with Gasteiger partial charge in [0, 0.05) is 13.6 Å². The average molecular weight is 221 g/mol. The van der Waals surface area contributed by atoms with Crippen LogP contribution in [0, 0.1) is 0 Å². The number of amides is 2. The molecular formula is C11H15N3O2. The maximum atomic E-state index is 11.1. The molecule has 0 saturated carbocycles. The van der Waals surface area contributed by atoms with Crippen molar-refractivity contribution in [3.05, 3.63) is 35.4 Å². The molecule has 4 N–H and O–H groups in total. The fourth-order valence-corrected chi connectivity index (χ4v) is 1.32. The normalized spacial score (nSPS) is 11.6. The zero-order valence-corrected chi connectivity index (χ0v) is 9.07. The number of nitrogens with two attached hydrogens (primary N) is 1. The largest absolute Gasteiger partial charge is 0.341 e. The van der Waals surface area contributed by atoms with Crippen LogP contribution in [0.2, 0.25) is 0 Å². The Morgan fingerprint density at radius 3 is 2.88 bits per heavy atom. The lowest BCUT2D eigenvalue weighted by Crippen LogP contribution is -2.36. The summed E-state index contributed by atoms with van der Waals surface area (Å²) < 4.78 is 0. The molecule has 0 spiro atoms. The van der Waals surface area contributed by atoms with E-state index in [1.807, 2.05) is 6.07 Å². The van der Waals surface area contributed by atoms with Gasteiger partial charge in [0.25, 0.3) is 0 Å². The summed E-state index contributed by atoms with van der Waals surface area (Å²) in [6.07, 6.45) is 0.685. The van der Waals surface area contributed by atoms with Gasteiger partial charge in [0.05, 0.1) is 0 Å². The summed E-state index contributed by atoms with van der Waals surface area (Å²) in [7, 11) is 1.49. The van der Waals surface area contributed by atoms with Gasteiger partial charge < -0.3 is 21.2 Å². The molecule has 2 amide bonds. The molecule has 0 aromatic heterocycles. The number of hydrogen-bond acceptors (Lipinski definition) is 3. The molecule has 0 aliphatic heterocycles. The van der Waals surface area contributed by atoms with Crippen molar-refractivity contribution in [2.24, 2.45) is 5.73 Å². The van der Waals surface area contributed by atoms with Gasteiger partial charge in [0.2, 0.25) is 0 Å². The van der Waals surface area contributed by atoms with Gasteiger partial charge in [-0.05, 0) is 11.1 Å². The molecule has 0 heterocycles. The van der Waals surface area contributed by atoms with Gasteiger partial charge in [-0.15, -0.1) is 0 Å². The van der Waals surface area contributed by atoms with E-state index in [-0.39, 0.29) is 0 Å². The average Bonchev–Trinajstić information content (AvgIpc) is 2.35. The Morgan fingerprint density at radius 1 is 1.56 bits per heavy atom. The monoisotopic (exact) mass is 221 g/mol. The van der Waals surface area contributed by atoms with Crippen LogP contribution >= 0.6 is 0 Å². The van der Waals surface area contributed by atoms with Crippen molar-refractivity contribution < 1.29 is 9.59 Å². The third-order valence-corrected chi connectivity index (χ3v) is 2.20. The molecule has 1 rings (SSSR count). The number of hydrogen-bond donors (Lipinski definition) is 3. The number of carbonyl (C=O) groups is 2. The van der Waals surface area contributed by atoms with Crippen LogP contribution in [0.1, 0.15) is 17.2 Å². The van der Waals surface area contributed by atoms with E-state index in [9.17, 15) is 9.59 Å². The van der Waals surface area contributed by atoms with Crippen molar-refractivity contribution in [1.82, 2.24) is 10.6 Å². The quantitative estimate of drug-likeness (QED) is 0.640. The van der Waals surface area contributed by atoms with Crippen molar-refractivity contribution >= 4 is 12.3 Å². The van der Waals surface area contributed by atoms with Crippen molar-refractivity contribution in [3.63, 3.8) is 0 Å². The summed E-state index contributed by atoms with van der Waals surface area (Å²) in [4.78, 5) is 22.0. The van der Waals surface area contributed by atoms with Gasteiger partial charge >= 0.3 is 6.03 Å². The van der Waals surface area contributed by atoms with Crippen molar-refractivity contribution in [3.8, 4) is 0 Å². The standard InChI is InChI=1S/C11H15N3O2/c1-13-11(16)14-10(7-15)9-4-2-3-8(5-9)6-12/h2-5,7,10H,6,12H2,1H3,(H2,13,14,16). The van der Waals surface area contributed by atoms with Crippen LogP contribution < -0.4 is 16.4 Å². The molecular weight excluding hydrogens is 206 g/mol. The second-order valence-electron chi connectivity index (χ2n) is 3.29. The summed E-state index contributed by atoms with van der Waals surface area (Å²) in [5.41, 5.74) is 7.14. The number of benzene rings is 1. The minimum Gasteiger partial charge on any atom is -0.341 e. The Bertz CT molecular complexity index is 379. The number of nitrogens with one attached hydrogen (secondary N) is 2. The van der Waals surface area contributed by atoms with Gasteiger partial charge in [-0.25, -0.2) is 4.79 Å². The lowest BCUT2D eigenvalue weighted by molar-refractivity contribution is -0.109. The number of rotatable bonds is 4. The predicted molar refractivity (Wildman–Crippen MR) is 60.7 cm³/mol. The molecule has 16 heavy (non-hydrogen) atoms. The Labute approximate surface area is 94.0 Å². The minimum absolute atomic E-state index is 0.393. The first-order chi connectivity index (χ1) is 7.71. The first-order valence-electron chi connectivity index (χ1n) is 4.93. The molecule has 86 valence electrons. The first kappa shape index (κ1) is 12.2. The van der Waals surface area contributed by atoms with Gasteiger partial charge in [0.15, 0.2) is 0 Å². The Morgan fingerprint density at radius 2 is 2.31 bits per heavy atom. The third-order valence-electron chi connectivity index (χ3n) is 2.20. The molecule has 5 heteroatoms. The maximum absolute atomic E-state index is 11.1. The molecule has 1 atom stereocenters. The molecule has 1 unspecified atom stereocenters. The lowest BCUT2D eigenvalue weighted by Gasteiger charge is -2.13. The summed E-state index contributed by atoms with van der Waals surface area (Å²) in [5.74, 6) is 0. The van der Waals surface area contributed by atoms with Crippen molar-refractivity contribution in [1.29, 1.82) is 0 Å².